The number of hydrogen-bond donors (Lipinski definition) is 1. The number of carbonyl (C=O) groups excluding carboxylic acids is 1. The first-order chi connectivity index (χ1) is 8.10. The fourth-order valence-corrected chi connectivity index (χ4v) is 1.72. The second kappa shape index (κ2) is 4.41. The Morgan fingerprint density at radius 3 is 2.82 bits per heavy atom. The highest BCUT2D eigenvalue weighted by Crippen LogP contribution is 2.27. The number of fused-ring (bicyclic) bond motifs is 1. The lowest BCUT2D eigenvalue weighted by molar-refractivity contribution is -0.139. The van der Waals surface area contributed by atoms with Crippen molar-refractivity contribution in [3.63, 3.8) is 0 Å². The molecular weight excluding hydrogens is 223 g/mol. The van der Waals surface area contributed by atoms with Crippen LogP contribution in [0, 0.1) is 5.82 Å². The van der Waals surface area contributed by atoms with Crippen LogP contribution in [0.1, 0.15) is 5.56 Å². The average molecular weight is 234 g/mol. The Morgan fingerprint density at radius 2 is 2.12 bits per heavy atom. The zero-order valence-electron chi connectivity index (χ0n) is 9.24. The largest absolute Gasteiger partial charge is 0.507 e. The first-order valence-corrected chi connectivity index (χ1v) is 5.08. The summed E-state index contributed by atoms with van der Waals surface area (Å²) in [6.07, 6.45) is 0.0521. The molecule has 0 aliphatic carbocycles. The molecular formula is C13H11FO3. The minimum atomic E-state index is -0.403. The molecule has 88 valence electrons. The molecule has 17 heavy (non-hydrogen) atoms. The molecule has 1 N–H and O–H groups in total. The molecule has 3 nitrogen and oxygen atoms in total. The summed E-state index contributed by atoms with van der Waals surface area (Å²) in [6.45, 7) is 0. The summed E-state index contributed by atoms with van der Waals surface area (Å²) in [4.78, 5) is 11.1. The van der Waals surface area contributed by atoms with Gasteiger partial charge in [0.15, 0.2) is 0 Å². The van der Waals surface area contributed by atoms with Gasteiger partial charge in [-0.25, -0.2) is 4.39 Å². The van der Waals surface area contributed by atoms with Crippen LogP contribution in [0.3, 0.4) is 0 Å². The fraction of sp³-hybridized carbons (Fsp3) is 0.154. The molecule has 0 heterocycles. The number of esters is 1. The number of carbonyl (C=O) groups is 1. The molecule has 0 fully saturated rings. The quantitative estimate of drug-likeness (QED) is 0.811. The molecule has 0 aromatic heterocycles. The van der Waals surface area contributed by atoms with Crippen molar-refractivity contribution in [2.45, 2.75) is 6.42 Å². The van der Waals surface area contributed by atoms with Crippen molar-refractivity contribution in [3.8, 4) is 5.75 Å². The van der Waals surface area contributed by atoms with Gasteiger partial charge < -0.3 is 9.84 Å². The predicted octanol–water partition coefficient (Wildman–Crippen LogP) is 2.40. The maximum atomic E-state index is 13.1. The predicted molar refractivity (Wildman–Crippen MR) is 61.3 cm³/mol. The number of aromatic hydroxyl groups is 1. The van der Waals surface area contributed by atoms with E-state index in [1.54, 1.807) is 6.07 Å². The Kier molecular flexibility index (Phi) is 2.95. The minimum Gasteiger partial charge on any atom is -0.507 e. The summed E-state index contributed by atoms with van der Waals surface area (Å²) >= 11 is 0. The van der Waals surface area contributed by atoms with Crippen molar-refractivity contribution in [2.75, 3.05) is 7.11 Å². The van der Waals surface area contributed by atoms with Gasteiger partial charge in [-0.15, -0.1) is 0 Å². The van der Waals surface area contributed by atoms with E-state index in [0.717, 1.165) is 0 Å². The van der Waals surface area contributed by atoms with Crippen LogP contribution in [0.4, 0.5) is 4.39 Å². The first-order valence-electron chi connectivity index (χ1n) is 5.08. The number of halogens is 1. The average Bonchev–Trinajstić information content (AvgIpc) is 2.28. The van der Waals surface area contributed by atoms with E-state index in [4.69, 9.17) is 0 Å². The number of hydrogen-bond acceptors (Lipinski definition) is 3. The van der Waals surface area contributed by atoms with Gasteiger partial charge in [0, 0.05) is 5.39 Å². The van der Waals surface area contributed by atoms with Gasteiger partial charge in [-0.1, -0.05) is 6.07 Å². The van der Waals surface area contributed by atoms with E-state index >= 15 is 0 Å². The van der Waals surface area contributed by atoms with Gasteiger partial charge in [-0.05, 0) is 35.2 Å². The Balaban J connectivity index is 2.50. The van der Waals surface area contributed by atoms with Crippen LogP contribution >= 0.6 is 0 Å². The first kappa shape index (κ1) is 11.4. The molecule has 0 aliphatic heterocycles. The molecule has 0 spiro atoms. The fourth-order valence-electron chi connectivity index (χ4n) is 1.72. The van der Waals surface area contributed by atoms with E-state index < -0.39 is 5.97 Å². The number of rotatable bonds is 2. The van der Waals surface area contributed by atoms with Crippen LogP contribution in [0.5, 0.6) is 5.75 Å². The van der Waals surface area contributed by atoms with Crippen LogP contribution in [0.2, 0.25) is 0 Å². The molecule has 0 saturated carbocycles. The molecule has 2 aromatic rings. The van der Waals surface area contributed by atoms with Gasteiger partial charge in [-0.2, -0.15) is 0 Å². The maximum Gasteiger partial charge on any atom is 0.309 e. The van der Waals surface area contributed by atoms with Crippen molar-refractivity contribution in [1.82, 2.24) is 0 Å². The summed E-state index contributed by atoms with van der Waals surface area (Å²) in [5.41, 5.74) is 0.590. The normalized spacial score (nSPS) is 10.5. The summed E-state index contributed by atoms with van der Waals surface area (Å²) in [5, 5.41) is 10.9. The van der Waals surface area contributed by atoms with Crippen LogP contribution in [0.25, 0.3) is 10.8 Å². The summed E-state index contributed by atoms with van der Waals surface area (Å²) in [5.74, 6) is -0.756. The monoisotopic (exact) mass is 234 g/mol. The molecule has 0 bridgehead atoms. The summed E-state index contributed by atoms with van der Waals surface area (Å²) in [7, 11) is 1.29. The van der Waals surface area contributed by atoms with Crippen molar-refractivity contribution >= 4 is 16.7 Å². The maximum absolute atomic E-state index is 13.1. The van der Waals surface area contributed by atoms with Gasteiger partial charge >= 0.3 is 5.97 Å². The molecule has 0 unspecified atom stereocenters. The number of phenols is 1. The highest BCUT2D eigenvalue weighted by Gasteiger charge is 2.08. The van der Waals surface area contributed by atoms with Crippen LogP contribution in [0.15, 0.2) is 30.3 Å². The molecule has 0 atom stereocenters. The van der Waals surface area contributed by atoms with Gasteiger partial charge in [0.1, 0.15) is 11.6 Å². The van der Waals surface area contributed by atoms with Crippen molar-refractivity contribution < 1.29 is 19.0 Å². The van der Waals surface area contributed by atoms with E-state index in [2.05, 4.69) is 4.74 Å². The van der Waals surface area contributed by atoms with Gasteiger partial charge in [0.2, 0.25) is 0 Å². The van der Waals surface area contributed by atoms with E-state index in [0.29, 0.717) is 16.3 Å². The minimum absolute atomic E-state index is 0.0291. The lowest BCUT2D eigenvalue weighted by atomic mass is 10.0. The zero-order chi connectivity index (χ0) is 12.4. The Bertz CT molecular complexity index is 578. The third kappa shape index (κ3) is 2.36. The van der Waals surface area contributed by atoms with Crippen molar-refractivity contribution in [2.24, 2.45) is 0 Å². The molecule has 0 amide bonds. The number of methoxy groups -OCH3 is 1. The molecule has 0 aliphatic rings. The summed E-state index contributed by atoms with van der Waals surface area (Å²) in [6, 6.07) is 7.24. The number of benzene rings is 2. The molecule has 4 heteroatoms. The Morgan fingerprint density at radius 1 is 1.35 bits per heavy atom. The topological polar surface area (TPSA) is 46.5 Å². The van der Waals surface area contributed by atoms with Gasteiger partial charge in [0.25, 0.3) is 0 Å². The summed E-state index contributed by atoms with van der Waals surface area (Å²) < 4.78 is 17.6. The van der Waals surface area contributed by atoms with Crippen molar-refractivity contribution in [3.05, 3.63) is 41.7 Å². The highest BCUT2D eigenvalue weighted by molar-refractivity contribution is 5.89. The van der Waals surface area contributed by atoms with E-state index in [1.165, 1.54) is 31.4 Å². The van der Waals surface area contributed by atoms with Gasteiger partial charge in [0.05, 0.1) is 13.5 Å². The number of ether oxygens (including phenoxy) is 1. The molecule has 2 rings (SSSR count). The lowest BCUT2D eigenvalue weighted by Crippen LogP contribution is -2.04. The second-order valence-corrected chi connectivity index (χ2v) is 3.73. The molecule has 0 saturated heterocycles. The molecule has 0 radical (unpaired) electrons. The van der Waals surface area contributed by atoms with Crippen LogP contribution in [-0.4, -0.2) is 18.2 Å². The third-order valence-electron chi connectivity index (χ3n) is 2.53. The zero-order valence-corrected chi connectivity index (χ0v) is 9.24. The van der Waals surface area contributed by atoms with E-state index in [9.17, 15) is 14.3 Å². The smallest absolute Gasteiger partial charge is 0.309 e. The van der Waals surface area contributed by atoms with E-state index in [1.807, 2.05) is 0 Å². The van der Waals surface area contributed by atoms with Crippen LogP contribution < -0.4 is 0 Å². The van der Waals surface area contributed by atoms with Gasteiger partial charge in [-0.3, -0.25) is 4.79 Å². The SMILES string of the molecule is COC(=O)Cc1cc(O)c2ccc(F)cc2c1. The lowest BCUT2D eigenvalue weighted by Gasteiger charge is -2.05. The third-order valence-corrected chi connectivity index (χ3v) is 2.53. The van der Waals surface area contributed by atoms with Crippen molar-refractivity contribution in [1.29, 1.82) is 0 Å². The van der Waals surface area contributed by atoms with E-state index in [-0.39, 0.29) is 18.0 Å². The standard InChI is InChI=1S/C13H11FO3/c1-17-13(16)6-8-4-9-7-10(14)2-3-11(9)12(15)5-8/h2-5,7,15H,6H2,1H3. The van der Waals surface area contributed by atoms with Crippen LogP contribution in [-0.2, 0) is 16.0 Å². The molecule has 2 aromatic carbocycles. The Labute approximate surface area is 97.4 Å². The highest BCUT2D eigenvalue weighted by atomic mass is 19.1. The Hall–Kier alpha value is -2.10. The number of phenolic OH excluding ortho intramolecular Hbond substituents is 1. The second-order valence-electron chi connectivity index (χ2n) is 3.73.